The lowest BCUT2D eigenvalue weighted by Gasteiger charge is -2.42. The van der Waals surface area contributed by atoms with Gasteiger partial charge in [-0.1, -0.05) is 30.3 Å². The normalized spacial score (nSPS) is 24.8. The van der Waals surface area contributed by atoms with Crippen molar-refractivity contribution in [1.29, 1.82) is 0 Å². The summed E-state index contributed by atoms with van der Waals surface area (Å²) in [6, 6.07) is 10.3. The predicted molar refractivity (Wildman–Crippen MR) is 96.0 cm³/mol. The first-order valence-electron chi connectivity index (χ1n) is 9.34. The van der Waals surface area contributed by atoms with Crippen LogP contribution in [0, 0.1) is 5.92 Å². The van der Waals surface area contributed by atoms with E-state index in [1.165, 1.54) is 5.56 Å². The molecule has 0 saturated carbocycles. The second-order valence-electron chi connectivity index (χ2n) is 7.11. The molecule has 5 heteroatoms. The molecule has 2 amide bonds. The van der Waals surface area contributed by atoms with Crippen molar-refractivity contribution in [2.75, 3.05) is 19.8 Å². The third-order valence-corrected chi connectivity index (χ3v) is 5.39. The van der Waals surface area contributed by atoms with Crippen molar-refractivity contribution in [1.82, 2.24) is 10.2 Å². The minimum absolute atomic E-state index is 0.0215. The Labute approximate surface area is 149 Å². The molecule has 0 radical (unpaired) electrons. The summed E-state index contributed by atoms with van der Waals surface area (Å²) in [7, 11) is 0. The van der Waals surface area contributed by atoms with Crippen molar-refractivity contribution in [3.05, 3.63) is 35.9 Å². The lowest BCUT2D eigenvalue weighted by Crippen LogP contribution is -2.58. The standard InChI is InChI=1S/C20H28N2O3/c1-15(23)22-11-5-8-18(19(22)14-16-6-3-2-4-7-16)21-20(24)17-9-12-25-13-10-17/h2-4,6-7,17-19H,5,8-14H2,1H3,(H,21,24)/t18-,19-/m0/s1. The van der Waals surface area contributed by atoms with Gasteiger partial charge in [0, 0.05) is 38.6 Å². The first-order chi connectivity index (χ1) is 12.1. The zero-order chi connectivity index (χ0) is 17.6. The van der Waals surface area contributed by atoms with Crippen LogP contribution in [0.2, 0.25) is 0 Å². The molecule has 1 N–H and O–H groups in total. The summed E-state index contributed by atoms with van der Waals surface area (Å²) in [5.74, 6) is 0.251. The largest absolute Gasteiger partial charge is 0.381 e. The van der Waals surface area contributed by atoms with Crippen molar-refractivity contribution in [2.24, 2.45) is 5.92 Å². The van der Waals surface area contributed by atoms with Crippen molar-refractivity contribution in [2.45, 2.75) is 51.1 Å². The fraction of sp³-hybridized carbons (Fsp3) is 0.600. The molecule has 1 aromatic rings. The van der Waals surface area contributed by atoms with Crippen molar-refractivity contribution in [3.8, 4) is 0 Å². The van der Waals surface area contributed by atoms with E-state index in [4.69, 9.17) is 4.74 Å². The molecule has 5 nitrogen and oxygen atoms in total. The van der Waals surface area contributed by atoms with Crippen molar-refractivity contribution in [3.63, 3.8) is 0 Å². The molecule has 136 valence electrons. The maximum absolute atomic E-state index is 12.7. The summed E-state index contributed by atoms with van der Waals surface area (Å²) in [5.41, 5.74) is 1.20. The second kappa shape index (κ2) is 8.48. The van der Waals surface area contributed by atoms with E-state index >= 15 is 0 Å². The van der Waals surface area contributed by atoms with E-state index in [-0.39, 0.29) is 29.8 Å². The van der Waals surface area contributed by atoms with Gasteiger partial charge in [-0.3, -0.25) is 9.59 Å². The number of ether oxygens (including phenoxy) is 1. The number of carbonyl (C=O) groups excluding carboxylic acids is 2. The summed E-state index contributed by atoms with van der Waals surface area (Å²) in [6.07, 6.45) is 4.22. The minimum atomic E-state index is 0.0215. The van der Waals surface area contributed by atoms with Crippen LogP contribution in [0.25, 0.3) is 0 Å². The molecule has 2 heterocycles. The molecular weight excluding hydrogens is 316 g/mol. The molecule has 0 aliphatic carbocycles. The average Bonchev–Trinajstić information content (AvgIpc) is 2.64. The van der Waals surface area contributed by atoms with Crippen LogP contribution in [0.15, 0.2) is 30.3 Å². The van der Waals surface area contributed by atoms with E-state index in [1.54, 1.807) is 6.92 Å². The van der Waals surface area contributed by atoms with Gasteiger partial charge in [0.1, 0.15) is 0 Å². The summed E-state index contributed by atoms with van der Waals surface area (Å²) < 4.78 is 5.36. The number of hydrogen-bond acceptors (Lipinski definition) is 3. The maximum Gasteiger partial charge on any atom is 0.223 e. The fourth-order valence-corrected chi connectivity index (χ4v) is 3.98. The van der Waals surface area contributed by atoms with Gasteiger partial charge in [0.25, 0.3) is 0 Å². The van der Waals surface area contributed by atoms with E-state index in [0.29, 0.717) is 13.2 Å². The van der Waals surface area contributed by atoms with E-state index < -0.39 is 0 Å². The Bertz CT molecular complexity index is 584. The molecule has 1 aromatic carbocycles. The molecule has 0 aromatic heterocycles. The Balaban J connectivity index is 1.72. The van der Waals surface area contributed by atoms with Gasteiger partial charge in [-0.2, -0.15) is 0 Å². The van der Waals surface area contributed by atoms with E-state index in [2.05, 4.69) is 17.4 Å². The van der Waals surface area contributed by atoms with Gasteiger partial charge in [0.15, 0.2) is 0 Å². The SMILES string of the molecule is CC(=O)N1CCC[C@H](NC(=O)C2CCOCC2)[C@@H]1Cc1ccccc1. The first-order valence-corrected chi connectivity index (χ1v) is 9.34. The Kier molecular flexibility index (Phi) is 6.08. The van der Waals surface area contributed by atoms with Gasteiger partial charge in [0.05, 0.1) is 6.04 Å². The number of piperidine rings is 1. The van der Waals surface area contributed by atoms with Crippen LogP contribution in [-0.2, 0) is 20.7 Å². The van der Waals surface area contributed by atoms with E-state index in [9.17, 15) is 9.59 Å². The van der Waals surface area contributed by atoms with Crippen LogP contribution >= 0.6 is 0 Å². The second-order valence-corrected chi connectivity index (χ2v) is 7.11. The van der Waals surface area contributed by atoms with Crippen LogP contribution in [0.5, 0.6) is 0 Å². The number of nitrogens with one attached hydrogen (secondary N) is 1. The molecule has 2 aliphatic rings. The highest BCUT2D eigenvalue weighted by Crippen LogP contribution is 2.23. The van der Waals surface area contributed by atoms with Gasteiger partial charge >= 0.3 is 0 Å². The van der Waals surface area contributed by atoms with Gasteiger partial charge in [-0.25, -0.2) is 0 Å². The number of carbonyl (C=O) groups is 2. The predicted octanol–water partition coefficient (Wildman–Crippen LogP) is 2.15. The van der Waals surface area contributed by atoms with Crippen LogP contribution in [0.4, 0.5) is 0 Å². The number of nitrogens with zero attached hydrogens (tertiary/aromatic N) is 1. The topological polar surface area (TPSA) is 58.6 Å². The lowest BCUT2D eigenvalue weighted by atomic mass is 9.89. The average molecular weight is 344 g/mol. The molecule has 3 rings (SSSR count). The van der Waals surface area contributed by atoms with Crippen molar-refractivity contribution >= 4 is 11.8 Å². The molecule has 0 spiro atoms. The Morgan fingerprint density at radius 2 is 1.88 bits per heavy atom. The minimum Gasteiger partial charge on any atom is -0.381 e. The Morgan fingerprint density at radius 1 is 1.16 bits per heavy atom. The zero-order valence-electron chi connectivity index (χ0n) is 14.9. The number of benzene rings is 1. The van der Waals surface area contributed by atoms with Gasteiger partial charge in [0.2, 0.25) is 11.8 Å². The molecule has 2 aliphatic heterocycles. The van der Waals surface area contributed by atoms with Crippen LogP contribution in [0.3, 0.4) is 0 Å². The Morgan fingerprint density at radius 3 is 2.56 bits per heavy atom. The van der Waals surface area contributed by atoms with Crippen LogP contribution in [-0.4, -0.2) is 48.6 Å². The van der Waals surface area contributed by atoms with Crippen LogP contribution in [0.1, 0.15) is 38.2 Å². The third-order valence-electron chi connectivity index (χ3n) is 5.39. The van der Waals surface area contributed by atoms with Gasteiger partial charge < -0.3 is 15.0 Å². The smallest absolute Gasteiger partial charge is 0.223 e. The molecular formula is C20H28N2O3. The molecule has 0 unspecified atom stereocenters. The van der Waals surface area contributed by atoms with Gasteiger partial charge in [-0.05, 0) is 37.7 Å². The Hall–Kier alpha value is -1.88. The highest BCUT2D eigenvalue weighted by molar-refractivity contribution is 5.79. The molecule has 2 saturated heterocycles. The monoisotopic (exact) mass is 344 g/mol. The van der Waals surface area contributed by atoms with Crippen LogP contribution < -0.4 is 5.32 Å². The van der Waals surface area contributed by atoms with Crippen molar-refractivity contribution < 1.29 is 14.3 Å². The summed E-state index contributed by atoms with van der Waals surface area (Å²) in [6.45, 7) is 3.72. The lowest BCUT2D eigenvalue weighted by molar-refractivity contribution is -0.136. The highest BCUT2D eigenvalue weighted by Gasteiger charge is 2.35. The van der Waals surface area contributed by atoms with E-state index in [0.717, 1.165) is 38.6 Å². The molecule has 2 fully saturated rings. The number of likely N-dealkylation sites (tertiary alicyclic amines) is 1. The zero-order valence-corrected chi connectivity index (χ0v) is 14.9. The highest BCUT2D eigenvalue weighted by atomic mass is 16.5. The third kappa shape index (κ3) is 4.60. The summed E-state index contributed by atoms with van der Waals surface area (Å²) >= 11 is 0. The number of rotatable bonds is 4. The number of hydrogen-bond donors (Lipinski definition) is 1. The summed E-state index contributed by atoms with van der Waals surface area (Å²) in [5, 5.41) is 3.26. The fourth-order valence-electron chi connectivity index (χ4n) is 3.98. The van der Waals surface area contributed by atoms with E-state index in [1.807, 2.05) is 23.1 Å². The molecule has 0 bridgehead atoms. The maximum atomic E-state index is 12.7. The number of amides is 2. The van der Waals surface area contributed by atoms with Gasteiger partial charge in [-0.15, -0.1) is 0 Å². The molecule has 2 atom stereocenters. The summed E-state index contributed by atoms with van der Waals surface area (Å²) in [4.78, 5) is 26.7. The molecule has 25 heavy (non-hydrogen) atoms. The quantitative estimate of drug-likeness (QED) is 0.910. The first kappa shape index (κ1) is 17.9.